The van der Waals surface area contributed by atoms with Crippen LogP contribution in [0.2, 0.25) is 5.02 Å². The third kappa shape index (κ3) is 3.39. The second-order valence-corrected chi connectivity index (χ2v) is 4.19. The van der Waals surface area contributed by atoms with Crippen molar-refractivity contribution in [3.63, 3.8) is 0 Å². The average molecular weight is 285 g/mol. The molecule has 0 fully saturated rings. The summed E-state index contributed by atoms with van der Waals surface area (Å²) in [5.41, 5.74) is 0.568. The summed E-state index contributed by atoms with van der Waals surface area (Å²) in [7, 11) is 1.75. The fraction of sp³-hybridized carbons (Fsp3) is 0.154. The number of pyridine rings is 1. The summed E-state index contributed by atoms with van der Waals surface area (Å²) in [5, 5.41) is 3.37. The van der Waals surface area contributed by atoms with Crippen LogP contribution in [-0.2, 0) is 6.54 Å². The Hall–Kier alpha value is -1.72. The molecule has 0 aliphatic rings. The van der Waals surface area contributed by atoms with Gasteiger partial charge in [0.2, 0.25) is 5.88 Å². The zero-order chi connectivity index (χ0) is 13.8. The molecule has 0 saturated carbocycles. The number of hydrogen-bond donors (Lipinski definition) is 1. The number of rotatable bonds is 4. The van der Waals surface area contributed by atoms with Gasteiger partial charge in [0, 0.05) is 18.7 Å². The van der Waals surface area contributed by atoms with E-state index < -0.39 is 11.6 Å². The smallest absolute Gasteiger partial charge is 0.219 e. The average Bonchev–Trinajstić information content (AvgIpc) is 2.38. The van der Waals surface area contributed by atoms with Crippen LogP contribution in [0.25, 0.3) is 0 Å². The zero-order valence-electron chi connectivity index (χ0n) is 10.1. The van der Waals surface area contributed by atoms with Crippen LogP contribution in [0.1, 0.15) is 5.69 Å². The molecule has 0 saturated heterocycles. The molecule has 1 heterocycles. The SMILES string of the molecule is CNCc1nc(Oc2cc(F)ccc2F)ccc1Cl. The van der Waals surface area contributed by atoms with Gasteiger partial charge in [0.25, 0.3) is 0 Å². The van der Waals surface area contributed by atoms with Crippen molar-refractivity contribution in [3.8, 4) is 11.6 Å². The molecule has 0 bridgehead atoms. The first-order valence-corrected chi connectivity index (χ1v) is 5.91. The largest absolute Gasteiger partial charge is 0.436 e. The number of nitrogens with one attached hydrogen (secondary N) is 1. The third-order valence-electron chi connectivity index (χ3n) is 2.35. The molecule has 100 valence electrons. The zero-order valence-corrected chi connectivity index (χ0v) is 10.8. The van der Waals surface area contributed by atoms with E-state index in [1.165, 1.54) is 6.07 Å². The molecule has 19 heavy (non-hydrogen) atoms. The van der Waals surface area contributed by atoms with E-state index in [-0.39, 0.29) is 11.6 Å². The van der Waals surface area contributed by atoms with Gasteiger partial charge in [-0.2, -0.15) is 0 Å². The summed E-state index contributed by atoms with van der Waals surface area (Å²) in [5.74, 6) is -1.31. The second kappa shape index (κ2) is 5.95. The lowest BCUT2D eigenvalue weighted by molar-refractivity contribution is 0.420. The highest BCUT2D eigenvalue weighted by Gasteiger charge is 2.09. The first-order valence-electron chi connectivity index (χ1n) is 5.53. The standard InChI is InChI=1S/C13H11ClF2N2O/c1-17-7-11-9(14)3-5-13(18-11)19-12-6-8(15)2-4-10(12)16/h2-6,17H,7H2,1H3. The van der Waals surface area contributed by atoms with E-state index in [0.717, 1.165) is 18.2 Å². The Kier molecular flexibility index (Phi) is 4.29. The predicted molar refractivity (Wildman–Crippen MR) is 68.4 cm³/mol. The van der Waals surface area contributed by atoms with Crippen LogP contribution < -0.4 is 10.1 Å². The molecular formula is C13H11ClF2N2O. The molecule has 0 atom stereocenters. The maximum atomic E-state index is 13.4. The lowest BCUT2D eigenvalue weighted by atomic mass is 10.3. The minimum atomic E-state index is -0.659. The molecule has 0 radical (unpaired) electrons. The van der Waals surface area contributed by atoms with Crippen molar-refractivity contribution >= 4 is 11.6 Å². The number of nitrogens with zero attached hydrogens (tertiary/aromatic N) is 1. The minimum Gasteiger partial charge on any atom is -0.436 e. The second-order valence-electron chi connectivity index (χ2n) is 3.79. The highest BCUT2D eigenvalue weighted by Crippen LogP contribution is 2.25. The van der Waals surface area contributed by atoms with Crippen molar-refractivity contribution in [1.29, 1.82) is 0 Å². The number of hydrogen-bond acceptors (Lipinski definition) is 3. The molecule has 0 aliphatic heterocycles. The van der Waals surface area contributed by atoms with Crippen molar-refractivity contribution in [3.05, 3.63) is 52.7 Å². The Morgan fingerprint density at radius 2 is 2.05 bits per heavy atom. The highest BCUT2D eigenvalue weighted by atomic mass is 35.5. The van der Waals surface area contributed by atoms with Gasteiger partial charge in [-0.05, 0) is 25.2 Å². The monoisotopic (exact) mass is 284 g/mol. The van der Waals surface area contributed by atoms with Gasteiger partial charge in [-0.25, -0.2) is 13.8 Å². The first-order chi connectivity index (χ1) is 9.10. The van der Waals surface area contributed by atoms with Crippen molar-refractivity contribution in [2.75, 3.05) is 7.05 Å². The van der Waals surface area contributed by atoms with Gasteiger partial charge in [-0.15, -0.1) is 0 Å². The predicted octanol–water partition coefficient (Wildman–Crippen LogP) is 3.52. The highest BCUT2D eigenvalue weighted by molar-refractivity contribution is 6.31. The summed E-state index contributed by atoms with van der Waals surface area (Å²) in [6, 6.07) is 6.06. The fourth-order valence-electron chi connectivity index (χ4n) is 1.48. The molecule has 2 aromatic rings. The summed E-state index contributed by atoms with van der Waals surface area (Å²) < 4.78 is 31.7. The molecule has 1 aromatic carbocycles. The molecule has 0 amide bonds. The molecule has 1 aromatic heterocycles. The van der Waals surface area contributed by atoms with Gasteiger partial charge in [-0.1, -0.05) is 11.6 Å². The molecule has 0 unspecified atom stereocenters. The Morgan fingerprint density at radius 1 is 1.26 bits per heavy atom. The van der Waals surface area contributed by atoms with E-state index >= 15 is 0 Å². The van der Waals surface area contributed by atoms with Gasteiger partial charge in [0.1, 0.15) is 5.82 Å². The van der Waals surface area contributed by atoms with Gasteiger partial charge in [0.15, 0.2) is 11.6 Å². The third-order valence-corrected chi connectivity index (χ3v) is 2.69. The van der Waals surface area contributed by atoms with Gasteiger partial charge >= 0.3 is 0 Å². The van der Waals surface area contributed by atoms with Gasteiger partial charge in [-0.3, -0.25) is 0 Å². The normalized spacial score (nSPS) is 10.5. The Bertz CT molecular complexity index is 593. The van der Waals surface area contributed by atoms with E-state index in [0.29, 0.717) is 17.3 Å². The summed E-state index contributed by atoms with van der Waals surface area (Å²) in [4.78, 5) is 4.12. The van der Waals surface area contributed by atoms with Crippen molar-refractivity contribution in [2.24, 2.45) is 0 Å². The van der Waals surface area contributed by atoms with E-state index in [4.69, 9.17) is 16.3 Å². The summed E-state index contributed by atoms with van der Waals surface area (Å²) >= 11 is 5.94. The maximum Gasteiger partial charge on any atom is 0.219 e. The molecule has 6 heteroatoms. The Balaban J connectivity index is 2.28. The van der Waals surface area contributed by atoms with Crippen molar-refractivity contribution in [2.45, 2.75) is 6.54 Å². The topological polar surface area (TPSA) is 34.2 Å². The van der Waals surface area contributed by atoms with Crippen LogP contribution in [0.5, 0.6) is 11.6 Å². The summed E-state index contributed by atoms with van der Waals surface area (Å²) in [6.45, 7) is 0.446. The van der Waals surface area contributed by atoms with Crippen LogP contribution in [0.15, 0.2) is 30.3 Å². The molecule has 0 spiro atoms. The molecule has 3 nitrogen and oxygen atoms in total. The fourth-order valence-corrected chi connectivity index (χ4v) is 1.65. The minimum absolute atomic E-state index is 0.152. The van der Waals surface area contributed by atoms with Crippen LogP contribution >= 0.6 is 11.6 Å². The maximum absolute atomic E-state index is 13.4. The number of aromatic nitrogens is 1. The van der Waals surface area contributed by atoms with Crippen LogP contribution in [0, 0.1) is 11.6 Å². The Labute approximate surface area is 114 Å². The van der Waals surface area contributed by atoms with E-state index in [2.05, 4.69) is 10.3 Å². The van der Waals surface area contributed by atoms with E-state index in [1.54, 1.807) is 13.1 Å². The van der Waals surface area contributed by atoms with Crippen LogP contribution in [0.3, 0.4) is 0 Å². The van der Waals surface area contributed by atoms with E-state index in [9.17, 15) is 8.78 Å². The van der Waals surface area contributed by atoms with Gasteiger partial charge in [0.05, 0.1) is 10.7 Å². The Morgan fingerprint density at radius 3 is 2.79 bits per heavy atom. The number of benzene rings is 1. The van der Waals surface area contributed by atoms with Gasteiger partial charge < -0.3 is 10.1 Å². The molecule has 2 rings (SSSR count). The first kappa shape index (κ1) is 13.7. The van der Waals surface area contributed by atoms with Crippen molar-refractivity contribution < 1.29 is 13.5 Å². The molecule has 0 aliphatic carbocycles. The van der Waals surface area contributed by atoms with Crippen LogP contribution in [0.4, 0.5) is 8.78 Å². The lowest BCUT2D eigenvalue weighted by Gasteiger charge is -2.08. The van der Waals surface area contributed by atoms with E-state index in [1.807, 2.05) is 0 Å². The van der Waals surface area contributed by atoms with Crippen LogP contribution in [-0.4, -0.2) is 12.0 Å². The molecular weight excluding hydrogens is 274 g/mol. The number of halogens is 3. The quantitative estimate of drug-likeness (QED) is 0.933. The van der Waals surface area contributed by atoms with Crippen molar-refractivity contribution in [1.82, 2.24) is 10.3 Å². The molecule has 1 N–H and O–H groups in total. The summed E-state index contributed by atoms with van der Waals surface area (Å²) in [6.07, 6.45) is 0. The lowest BCUT2D eigenvalue weighted by Crippen LogP contribution is -2.08. The number of ether oxygens (including phenoxy) is 1.